The highest BCUT2D eigenvalue weighted by atomic mass is 19.1. The van der Waals surface area contributed by atoms with Crippen molar-refractivity contribution >= 4 is 11.4 Å². The fourth-order valence-electron chi connectivity index (χ4n) is 2.82. The Balaban J connectivity index is 1.66. The number of piperazine rings is 1. The minimum atomic E-state index is -0.334. The van der Waals surface area contributed by atoms with Crippen molar-refractivity contribution in [1.82, 2.24) is 0 Å². The van der Waals surface area contributed by atoms with Crippen molar-refractivity contribution in [2.75, 3.05) is 43.1 Å². The number of ether oxygens (including phenoxy) is 1. The van der Waals surface area contributed by atoms with Crippen LogP contribution in [0.5, 0.6) is 5.75 Å². The van der Waals surface area contributed by atoms with Crippen molar-refractivity contribution in [2.24, 2.45) is 0 Å². The Labute approximate surface area is 135 Å². The first-order valence-electron chi connectivity index (χ1n) is 7.55. The van der Waals surface area contributed by atoms with Crippen molar-refractivity contribution in [1.29, 1.82) is 5.26 Å². The maximum Gasteiger partial charge on any atom is 0.167 e. The van der Waals surface area contributed by atoms with Crippen LogP contribution in [0.25, 0.3) is 0 Å². The van der Waals surface area contributed by atoms with Crippen molar-refractivity contribution in [3.63, 3.8) is 0 Å². The third kappa shape index (κ3) is 3.21. The van der Waals surface area contributed by atoms with Crippen LogP contribution < -0.4 is 14.5 Å². The molecule has 1 fully saturated rings. The van der Waals surface area contributed by atoms with Crippen molar-refractivity contribution < 1.29 is 9.13 Å². The summed E-state index contributed by atoms with van der Waals surface area (Å²) >= 11 is 0. The molecular weight excluding hydrogens is 293 g/mol. The van der Waals surface area contributed by atoms with Crippen LogP contribution in [0.4, 0.5) is 15.8 Å². The minimum absolute atomic E-state index is 0.268. The Hall–Kier alpha value is -2.74. The van der Waals surface area contributed by atoms with Gasteiger partial charge in [-0.3, -0.25) is 0 Å². The van der Waals surface area contributed by atoms with E-state index in [4.69, 9.17) is 10.00 Å². The number of hydrogen-bond donors (Lipinski definition) is 0. The summed E-state index contributed by atoms with van der Waals surface area (Å²) in [7, 11) is 1.47. The largest absolute Gasteiger partial charge is 0.494 e. The molecular formula is C18H18FN3O. The molecule has 0 amide bonds. The van der Waals surface area contributed by atoms with Crippen molar-refractivity contribution in [3.05, 3.63) is 53.8 Å². The lowest BCUT2D eigenvalue weighted by molar-refractivity contribution is 0.386. The van der Waals surface area contributed by atoms with Gasteiger partial charge in [0.05, 0.1) is 18.7 Å². The molecule has 118 valence electrons. The topological polar surface area (TPSA) is 39.5 Å². The van der Waals surface area contributed by atoms with Crippen LogP contribution in [-0.4, -0.2) is 33.3 Å². The first-order valence-corrected chi connectivity index (χ1v) is 7.55. The van der Waals surface area contributed by atoms with Crippen LogP contribution in [0.2, 0.25) is 0 Å². The lowest BCUT2D eigenvalue weighted by Crippen LogP contribution is -2.46. The van der Waals surface area contributed by atoms with Crippen LogP contribution >= 0.6 is 0 Å². The zero-order valence-corrected chi connectivity index (χ0v) is 13.0. The Morgan fingerprint density at radius 3 is 2.04 bits per heavy atom. The van der Waals surface area contributed by atoms with Gasteiger partial charge < -0.3 is 14.5 Å². The van der Waals surface area contributed by atoms with Gasteiger partial charge in [-0.05, 0) is 36.4 Å². The first-order chi connectivity index (χ1) is 11.2. The molecule has 4 nitrogen and oxygen atoms in total. The van der Waals surface area contributed by atoms with Crippen molar-refractivity contribution in [2.45, 2.75) is 0 Å². The summed E-state index contributed by atoms with van der Waals surface area (Å²) in [6.45, 7) is 3.37. The molecule has 0 unspecified atom stereocenters. The zero-order valence-electron chi connectivity index (χ0n) is 13.0. The molecule has 0 atom stereocenters. The molecule has 0 spiro atoms. The number of rotatable bonds is 3. The van der Waals surface area contributed by atoms with E-state index >= 15 is 0 Å². The molecule has 0 saturated carbocycles. The van der Waals surface area contributed by atoms with Gasteiger partial charge in [-0.2, -0.15) is 5.26 Å². The van der Waals surface area contributed by atoms with Gasteiger partial charge in [0.15, 0.2) is 11.6 Å². The van der Waals surface area contributed by atoms with Gasteiger partial charge in [-0.25, -0.2) is 4.39 Å². The van der Waals surface area contributed by atoms with E-state index in [0.717, 1.165) is 37.6 Å². The molecule has 3 rings (SSSR count). The van der Waals surface area contributed by atoms with Crippen molar-refractivity contribution in [3.8, 4) is 11.8 Å². The Kier molecular flexibility index (Phi) is 4.33. The summed E-state index contributed by atoms with van der Waals surface area (Å²) in [5.41, 5.74) is 2.66. The lowest BCUT2D eigenvalue weighted by Gasteiger charge is -2.37. The quantitative estimate of drug-likeness (QED) is 0.873. The predicted molar refractivity (Wildman–Crippen MR) is 88.5 cm³/mol. The van der Waals surface area contributed by atoms with Crippen LogP contribution in [0, 0.1) is 17.1 Å². The van der Waals surface area contributed by atoms with Gasteiger partial charge in [-0.15, -0.1) is 0 Å². The summed E-state index contributed by atoms with van der Waals surface area (Å²) in [5.74, 6) is -0.0653. The summed E-state index contributed by atoms with van der Waals surface area (Å²) in [5, 5.41) is 8.85. The number of nitriles is 1. The average molecular weight is 311 g/mol. The third-order valence-corrected chi connectivity index (χ3v) is 4.14. The fourth-order valence-corrected chi connectivity index (χ4v) is 2.82. The highest BCUT2D eigenvalue weighted by Gasteiger charge is 2.18. The number of halogens is 1. The molecule has 5 heteroatoms. The number of nitrogens with zero attached hydrogens (tertiary/aromatic N) is 3. The molecule has 1 heterocycles. The molecule has 2 aromatic carbocycles. The van der Waals surface area contributed by atoms with Gasteiger partial charge >= 0.3 is 0 Å². The smallest absolute Gasteiger partial charge is 0.167 e. The Bertz CT molecular complexity index is 716. The second-order valence-corrected chi connectivity index (χ2v) is 5.45. The van der Waals surface area contributed by atoms with E-state index in [0.29, 0.717) is 5.56 Å². The Morgan fingerprint density at radius 2 is 1.52 bits per heavy atom. The van der Waals surface area contributed by atoms with E-state index in [1.807, 2.05) is 30.3 Å². The third-order valence-electron chi connectivity index (χ3n) is 4.14. The number of benzene rings is 2. The van der Waals surface area contributed by atoms with E-state index in [1.165, 1.54) is 13.2 Å². The maximum absolute atomic E-state index is 13.8. The van der Waals surface area contributed by atoms with E-state index in [-0.39, 0.29) is 11.6 Å². The van der Waals surface area contributed by atoms with E-state index in [9.17, 15) is 4.39 Å². The molecule has 1 saturated heterocycles. The van der Waals surface area contributed by atoms with Gasteiger partial charge in [0, 0.05) is 43.6 Å². The minimum Gasteiger partial charge on any atom is -0.494 e. The van der Waals surface area contributed by atoms with E-state index in [1.54, 1.807) is 6.07 Å². The predicted octanol–water partition coefficient (Wildman–Crippen LogP) is 3.03. The van der Waals surface area contributed by atoms with Crippen LogP contribution in [0.1, 0.15) is 5.56 Å². The highest BCUT2D eigenvalue weighted by Crippen LogP contribution is 2.25. The zero-order chi connectivity index (χ0) is 16.2. The first kappa shape index (κ1) is 15.2. The van der Waals surface area contributed by atoms with Gasteiger partial charge in [0.1, 0.15) is 0 Å². The molecule has 0 bridgehead atoms. The average Bonchev–Trinajstić information content (AvgIpc) is 2.62. The second kappa shape index (κ2) is 6.57. The standard InChI is InChI=1S/C18H18FN3O/c1-23-18-7-6-16(12-17(18)19)22-10-8-21(9-11-22)15-4-2-14(13-20)3-5-15/h2-7,12H,8-11H2,1H3. The normalized spacial score (nSPS) is 14.5. The van der Waals surface area contributed by atoms with Crippen LogP contribution in [0.3, 0.4) is 0 Å². The fraction of sp³-hybridized carbons (Fsp3) is 0.278. The summed E-state index contributed by atoms with van der Waals surface area (Å²) in [6.07, 6.45) is 0. The van der Waals surface area contributed by atoms with Gasteiger partial charge in [-0.1, -0.05) is 0 Å². The summed E-state index contributed by atoms with van der Waals surface area (Å²) < 4.78 is 18.8. The second-order valence-electron chi connectivity index (χ2n) is 5.45. The summed E-state index contributed by atoms with van der Waals surface area (Å²) in [6, 6.07) is 14.8. The van der Waals surface area contributed by atoms with E-state index in [2.05, 4.69) is 15.9 Å². The monoisotopic (exact) mass is 311 g/mol. The van der Waals surface area contributed by atoms with E-state index < -0.39 is 0 Å². The number of hydrogen-bond acceptors (Lipinski definition) is 4. The molecule has 1 aliphatic rings. The maximum atomic E-state index is 13.8. The summed E-state index contributed by atoms with van der Waals surface area (Å²) in [4.78, 5) is 4.44. The Morgan fingerprint density at radius 1 is 0.957 bits per heavy atom. The molecule has 0 aromatic heterocycles. The lowest BCUT2D eigenvalue weighted by atomic mass is 10.2. The number of anilines is 2. The molecule has 0 N–H and O–H groups in total. The number of methoxy groups -OCH3 is 1. The molecule has 0 aliphatic carbocycles. The molecule has 23 heavy (non-hydrogen) atoms. The highest BCUT2D eigenvalue weighted by molar-refractivity contribution is 5.54. The van der Waals surface area contributed by atoms with Gasteiger partial charge in [0.25, 0.3) is 0 Å². The van der Waals surface area contributed by atoms with Crippen LogP contribution in [0.15, 0.2) is 42.5 Å². The molecule has 0 radical (unpaired) electrons. The van der Waals surface area contributed by atoms with Crippen LogP contribution in [-0.2, 0) is 0 Å². The molecule has 1 aliphatic heterocycles. The van der Waals surface area contributed by atoms with Gasteiger partial charge in [0.2, 0.25) is 0 Å². The molecule has 2 aromatic rings. The SMILES string of the molecule is COc1ccc(N2CCN(c3ccc(C#N)cc3)CC2)cc1F.